The molecule has 1 N–H and O–H groups in total. The van der Waals surface area contributed by atoms with Crippen LogP contribution < -0.4 is 5.48 Å². The molecule has 0 aliphatic heterocycles. The van der Waals surface area contributed by atoms with Gasteiger partial charge < -0.3 is 0 Å². The summed E-state index contributed by atoms with van der Waals surface area (Å²) >= 11 is 0. The number of hydrogen-bond donors (Lipinski definition) is 1. The van der Waals surface area contributed by atoms with Gasteiger partial charge in [-0.25, -0.2) is 5.48 Å². The van der Waals surface area contributed by atoms with E-state index in [-0.39, 0.29) is 5.60 Å². The zero-order valence-electron chi connectivity index (χ0n) is 9.37. The molecule has 0 aliphatic rings. The van der Waals surface area contributed by atoms with Crippen LogP contribution in [0.1, 0.15) is 26.5 Å². The molecular weight excluding hydrogens is 178 g/mol. The van der Waals surface area contributed by atoms with E-state index >= 15 is 0 Å². The molecule has 0 bridgehead atoms. The summed E-state index contributed by atoms with van der Waals surface area (Å²) < 4.78 is 1.87. The topological polar surface area (TPSA) is 39.1 Å². The van der Waals surface area contributed by atoms with Gasteiger partial charge in [-0.2, -0.15) is 5.10 Å². The molecule has 4 nitrogen and oxygen atoms in total. The van der Waals surface area contributed by atoms with E-state index in [0.717, 1.165) is 13.0 Å². The molecule has 0 atom stereocenters. The Morgan fingerprint density at radius 3 is 2.71 bits per heavy atom. The van der Waals surface area contributed by atoms with E-state index in [2.05, 4.69) is 10.6 Å². The van der Waals surface area contributed by atoms with Gasteiger partial charge in [-0.05, 0) is 26.8 Å². The second-order valence-electron chi connectivity index (χ2n) is 4.30. The Morgan fingerprint density at radius 2 is 2.21 bits per heavy atom. The first kappa shape index (κ1) is 11.2. The van der Waals surface area contributed by atoms with Crippen LogP contribution in [0.25, 0.3) is 0 Å². The molecule has 0 amide bonds. The van der Waals surface area contributed by atoms with Crippen molar-refractivity contribution in [2.24, 2.45) is 7.05 Å². The van der Waals surface area contributed by atoms with Gasteiger partial charge in [0.05, 0.1) is 5.60 Å². The van der Waals surface area contributed by atoms with Crippen molar-refractivity contribution in [1.82, 2.24) is 15.3 Å². The summed E-state index contributed by atoms with van der Waals surface area (Å²) in [5, 5.41) is 4.09. The van der Waals surface area contributed by atoms with Gasteiger partial charge in [0.15, 0.2) is 0 Å². The standard InChI is InChI=1S/C10H19N3O/c1-10(2,3)14-12-8-6-9-5-7-11-13(9)4/h5,7,12H,6,8H2,1-4H3. The number of aromatic nitrogens is 2. The summed E-state index contributed by atoms with van der Waals surface area (Å²) in [5.74, 6) is 0. The molecule has 80 valence electrons. The van der Waals surface area contributed by atoms with Gasteiger partial charge in [0, 0.05) is 31.9 Å². The van der Waals surface area contributed by atoms with Gasteiger partial charge in [0.25, 0.3) is 0 Å². The normalized spacial score (nSPS) is 12.0. The molecule has 0 aromatic carbocycles. The Hall–Kier alpha value is -0.870. The zero-order chi connectivity index (χ0) is 10.6. The van der Waals surface area contributed by atoms with Crippen LogP contribution in [0.5, 0.6) is 0 Å². The molecule has 0 saturated heterocycles. The molecule has 0 unspecified atom stereocenters. The Morgan fingerprint density at radius 1 is 1.50 bits per heavy atom. The van der Waals surface area contributed by atoms with Crippen LogP contribution in [0.4, 0.5) is 0 Å². The smallest absolute Gasteiger partial charge is 0.0812 e. The van der Waals surface area contributed by atoms with E-state index in [1.807, 2.05) is 38.6 Å². The van der Waals surface area contributed by atoms with E-state index in [1.165, 1.54) is 5.69 Å². The summed E-state index contributed by atoms with van der Waals surface area (Å²) in [6.07, 6.45) is 2.73. The fourth-order valence-electron chi connectivity index (χ4n) is 1.09. The zero-order valence-corrected chi connectivity index (χ0v) is 9.37. The lowest BCUT2D eigenvalue weighted by Crippen LogP contribution is -2.30. The van der Waals surface area contributed by atoms with Crippen molar-refractivity contribution >= 4 is 0 Å². The highest BCUT2D eigenvalue weighted by molar-refractivity contribution is 4.99. The van der Waals surface area contributed by atoms with Gasteiger partial charge in [-0.15, -0.1) is 0 Å². The maximum atomic E-state index is 5.39. The average molecular weight is 197 g/mol. The van der Waals surface area contributed by atoms with Gasteiger partial charge in [0.1, 0.15) is 0 Å². The second-order valence-corrected chi connectivity index (χ2v) is 4.30. The minimum absolute atomic E-state index is 0.132. The molecule has 0 radical (unpaired) electrons. The van der Waals surface area contributed by atoms with Crippen LogP contribution in [0, 0.1) is 0 Å². The van der Waals surface area contributed by atoms with E-state index in [0.29, 0.717) is 0 Å². The molecule has 0 aliphatic carbocycles. The summed E-state index contributed by atoms with van der Waals surface area (Å²) in [6, 6.07) is 2.01. The minimum atomic E-state index is -0.132. The average Bonchev–Trinajstić information content (AvgIpc) is 2.44. The Kier molecular flexibility index (Phi) is 3.66. The second kappa shape index (κ2) is 4.57. The van der Waals surface area contributed by atoms with Crippen LogP contribution in [0.3, 0.4) is 0 Å². The number of hydrogen-bond acceptors (Lipinski definition) is 3. The van der Waals surface area contributed by atoms with Crippen molar-refractivity contribution in [3.63, 3.8) is 0 Å². The van der Waals surface area contributed by atoms with Crippen LogP contribution in [-0.4, -0.2) is 21.9 Å². The molecule has 0 saturated carbocycles. The first-order chi connectivity index (χ1) is 6.49. The quantitative estimate of drug-likeness (QED) is 0.584. The number of nitrogens with one attached hydrogen (secondary N) is 1. The predicted octanol–water partition coefficient (Wildman–Crippen LogP) is 1.28. The third-order valence-electron chi connectivity index (χ3n) is 1.78. The molecule has 0 spiro atoms. The van der Waals surface area contributed by atoms with Crippen molar-refractivity contribution in [1.29, 1.82) is 0 Å². The summed E-state index contributed by atoms with van der Waals surface area (Å²) in [7, 11) is 1.94. The molecule has 1 rings (SSSR count). The third-order valence-corrected chi connectivity index (χ3v) is 1.78. The molecule has 0 fully saturated rings. The fourth-order valence-corrected chi connectivity index (χ4v) is 1.09. The van der Waals surface area contributed by atoms with Gasteiger partial charge in [0.2, 0.25) is 0 Å². The largest absolute Gasteiger partial charge is 0.296 e. The Balaban J connectivity index is 2.20. The maximum absolute atomic E-state index is 5.39. The van der Waals surface area contributed by atoms with Crippen molar-refractivity contribution in [3.8, 4) is 0 Å². The minimum Gasteiger partial charge on any atom is -0.296 e. The molecule has 1 aromatic rings. The summed E-state index contributed by atoms with van der Waals surface area (Å²) in [4.78, 5) is 5.39. The van der Waals surface area contributed by atoms with E-state index in [9.17, 15) is 0 Å². The first-order valence-corrected chi connectivity index (χ1v) is 4.87. The van der Waals surface area contributed by atoms with E-state index in [4.69, 9.17) is 4.84 Å². The predicted molar refractivity (Wildman–Crippen MR) is 55.8 cm³/mol. The highest BCUT2D eigenvalue weighted by Crippen LogP contribution is 2.03. The molecule has 14 heavy (non-hydrogen) atoms. The van der Waals surface area contributed by atoms with Crippen LogP contribution >= 0.6 is 0 Å². The lowest BCUT2D eigenvalue weighted by atomic mass is 10.2. The molecule has 1 aromatic heterocycles. The SMILES string of the molecule is Cn1nccc1CCNOC(C)(C)C. The van der Waals surface area contributed by atoms with Gasteiger partial charge in [-0.1, -0.05) is 0 Å². The molecule has 1 heterocycles. The summed E-state index contributed by atoms with van der Waals surface area (Å²) in [5.41, 5.74) is 4.02. The van der Waals surface area contributed by atoms with Crippen molar-refractivity contribution in [2.45, 2.75) is 32.8 Å². The number of rotatable bonds is 4. The highest BCUT2D eigenvalue weighted by Gasteiger charge is 2.09. The molecule has 4 heteroatoms. The van der Waals surface area contributed by atoms with Crippen LogP contribution in [0.15, 0.2) is 12.3 Å². The van der Waals surface area contributed by atoms with Crippen molar-refractivity contribution in [3.05, 3.63) is 18.0 Å². The van der Waals surface area contributed by atoms with Crippen molar-refractivity contribution < 1.29 is 4.84 Å². The Labute approximate surface area is 85.2 Å². The lowest BCUT2D eigenvalue weighted by Gasteiger charge is -2.19. The number of aryl methyl sites for hydroxylation is 1. The lowest BCUT2D eigenvalue weighted by molar-refractivity contribution is -0.0718. The molecular formula is C10H19N3O. The maximum Gasteiger partial charge on any atom is 0.0812 e. The number of hydroxylamine groups is 1. The first-order valence-electron chi connectivity index (χ1n) is 4.87. The fraction of sp³-hybridized carbons (Fsp3) is 0.700. The Bertz CT molecular complexity index is 275. The van der Waals surface area contributed by atoms with Gasteiger partial charge in [-0.3, -0.25) is 9.52 Å². The van der Waals surface area contributed by atoms with E-state index in [1.54, 1.807) is 6.20 Å². The number of nitrogens with zero attached hydrogens (tertiary/aromatic N) is 2. The van der Waals surface area contributed by atoms with Crippen LogP contribution in [0.2, 0.25) is 0 Å². The monoisotopic (exact) mass is 197 g/mol. The van der Waals surface area contributed by atoms with Gasteiger partial charge >= 0.3 is 0 Å². The van der Waals surface area contributed by atoms with Crippen LogP contribution in [-0.2, 0) is 18.3 Å². The van der Waals surface area contributed by atoms with E-state index < -0.39 is 0 Å². The van der Waals surface area contributed by atoms with Crippen molar-refractivity contribution in [2.75, 3.05) is 6.54 Å². The summed E-state index contributed by atoms with van der Waals surface area (Å²) in [6.45, 7) is 6.86. The highest BCUT2D eigenvalue weighted by atomic mass is 16.7. The third kappa shape index (κ3) is 3.89.